The minimum Gasteiger partial charge on any atom is -0.726 e. The molecule has 0 aliphatic heterocycles. The molecule has 0 radical (unpaired) electrons. The van der Waals surface area contributed by atoms with Crippen LogP contribution in [0.2, 0.25) is 0 Å². The predicted molar refractivity (Wildman–Crippen MR) is 30.4 cm³/mol. The van der Waals surface area contributed by atoms with Gasteiger partial charge in [0.2, 0.25) is 20.8 Å². The van der Waals surface area contributed by atoms with Gasteiger partial charge in [-0.1, -0.05) is 0 Å². The molecule has 0 saturated heterocycles. The molecule has 0 fully saturated rings. The molecule has 0 aromatic rings. The van der Waals surface area contributed by atoms with E-state index in [1.54, 1.807) is 0 Å². The molecule has 0 heterocycles. The molecule has 0 rings (SSSR count). The normalized spacial score (nSPS) is 10.5. The summed E-state index contributed by atoms with van der Waals surface area (Å²) in [6.07, 6.45) is 0. The summed E-state index contributed by atoms with van der Waals surface area (Å²) in [6.45, 7) is 0. The molecule has 11 heavy (non-hydrogen) atoms. The topological polar surface area (TPSA) is 155 Å². The van der Waals surface area contributed by atoms with Crippen LogP contribution in [-0.2, 0) is 20.8 Å². The van der Waals surface area contributed by atoms with E-state index in [4.69, 9.17) is 35.0 Å². The molecule has 0 aromatic heterocycles. The van der Waals surface area contributed by atoms with E-state index in [9.17, 15) is 0 Å². The van der Waals surface area contributed by atoms with E-state index in [1.807, 2.05) is 0 Å². The summed E-state index contributed by atoms with van der Waals surface area (Å²) in [7, 11) is -9.83. The van der Waals surface area contributed by atoms with Crippen LogP contribution in [0.25, 0.3) is 0 Å². The van der Waals surface area contributed by atoms with Crippen molar-refractivity contribution in [3.8, 4) is 0 Å². The van der Waals surface area contributed by atoms with Gasteiger partial charge in [-0.15, -0.1) is 0 Å². The number of hydrogen-bond acceptors (Lipinski definition) is 6. The fourth-order valence-corrected chi connectivity index (χ4v) is 0. The van der Waals surface area contributed by atoms with Crippen LogP contribution in [0.5, 0.6) is 0 Å². The Balaban J connectivity index is -0.000000107. The Bertz CT molecular complexity index is 208. The van der Waals surface area contributed by atoms with Gasteiger partial charge in [-0.2, -0.15) is 0 Å². The van der Waals surface area contributed by atoms with Gasteiger partial charge in [0.05, 0.1) is 0 Å². The molecular weight excluding hydrogens is 201 g/mol. The number of rotatable bonds is 0. The van der Waals surface area contributed by atoms with Crippen LogP contribution in [0.4, 0.5) is 0 Å². The van der Waals surface area contributed by atoms with Gasteiger partial charge in [-0.05, 0) is 0 Å². The zero-order valence-electron chi connectivity index (χ0n) is 4.87. The fraction of sp³-hybridized carbons (Fsp3) is 0. The van der Waals surface area contributed by atoms with Gasteiger partial charge in [-0.3, -0.25) is 9.11 Å². The largest absolute Gasteiger partial charge is 2.00 e. The van der Waals surface area contributed by atoms with E-state index < -0.39 is 20.8 Å². The van der Waals surface area contributed by atoms with Gasteiger partial charge < -0.3 is 9.11 Å². The van der Waals surface area contributed by atoms with Crippen molar-refractivity contribution >= 4 is 30.9 Å². The Morgan fingerprint density at radius 1 is 0.818 bits per heavy atom. The van der Waals surface area contributed by atoms with Crippen LogP contribution in [0.1, 0.15) is 0 Å². The second-order valence-electron chi connectivity index (χ2n) is 0.855. The van der Waals surface area contributed by atoms with Crippen molar-refractivity contribution in [3.05, 3.63) is 0 Å². The Hall–Kier alpha value is -0.0912. The summed E-state index contributed by atoms with van der Waals surface area (Å²) in [4.78, 5) is 0. The molecule has 0 saturated carbocycles. The quantitative estimate of drug-likeness (QED) is 0.251. The van der Waals surface area contributed by atoms with Gasteiger partial charge in [0, 0.05) is 0 Å². The monoisotopic (exact) mass is 203 g/mol. The molecule has 0 aromatic carbocycles. The SMILES string of the molecule is O=S(=O)([O-])O.O=S(=O)([O-])O.[Be+2]. The average Bonchev–Trinajstić information content (AvgIpc) is 1.12. The molecule has 0 spiro atoms. The Labute approximate surface area is 66.6 Å². The van der Waals surface area contributed by atoms with Crippen molar-refractivity contribution in [1.82, 2.24) is 0 Å². The molecule has 0 bridgehead atoms. The van der Waals surface area contributed by atoms with Crippen LogP contribution in [0, 0.1) is 0 Å². The summed E-state index contributed by atoms with van der Waals surface area (Å²) >= 11 is 0. The van der Waals surface area contributed by atoms with Crippen LogP contribution in [0.15, 0.2) is 0 Å². The van der Waals surface area contributed by atoms with E-state index in [0.717, 1.165) is 0 Å². The second kappa shape index (κ2) is 5.55. The van der Waals surface area contributed by atoms with Gasteiger partial charge in [0.1, 0.15) is 0 Å². The van der Waals surface area contributed by atoms with Crippen LogP contribution in [0.3, 0.4) is 0 Å². The Kier molecular flexibility index (Phi) is 8.63. The third-order valence-corrected chi connectivity index (χ3v) is 0. The van der Waals surface area contributed by atoms with E-state index in [2.05, 4.69) is 0 Å². The first-order chi connectivity index (χ1) is 4.00. The Morgan fingerprint density at radius 2 is 0.818 bits per heavy atom. The van der Waals surface area contributed by atoms with Gasteiger partial charge in [0.25, 0.3) is 0 Å². The summed E-state index contributed by atoms with van der Waals surface area (Å²) in [5.74, 6) is 0. The maximum absolute atomic E-state index is 8.63. The van der Waals surface area contributed by atoms with Crippen molar-refractivity contribution in [1.29, 1.82) is 0 Å². The summed E-state index contributed by atoms with van der Waals surface area (Å²) < 4.78 is 65.7. The van der Waals surface area contributed by atoms with Crippen LogP contribution >= 0.6 is 0 Å². The average molecular weight is 203 g/mol. The third kappa shape index (κ3) is 74600. The maximum atomic E-state index is 8.63. The first kappa shape index (κ1) is 17.1. The maximum Gasteiger partial charge on any atom is 2.00 e. The summed E-state index contributed by atoms with van der Waals surface area (Å²) in [6, 6.07) is 0. The third-order valence-electron chi connectivity index (χ3n) is 0. The molecule has 0 amide bonds. The van der Waals surface area contributed by atoms with E-state index in [0.29, 0.717) is 0 Å². The minimum absolute atomic E-state index is 0. The van der Waals surface area contributed by atoms with Crippen molar-refractivity contribution in [2.45, 2.75) is 0 Å². The van der Waals surface area contributed by atoms with Crippen molar-refractivity contribution < 1.29 is 35.0 Å². The molecule has 0 unspecified atom stereocenters. The molecule has 0 aliphatic carbocycles. The molecule has 2 N–H and O–H groups in total. The minimum atomic E-state index is -4.92. The van der Waals surface area contributed by atoms with Crippen molar-refractivity contribution in [2.24, 2.45) is 0 Å². The molecular formula is H2BeO8S2. The fourth-order valence-electron chi connectivity index (χ4n) is 0. The molecule has 0 atom stereocenters. The summed E-state index contributed by atoms with van der Waals surface area (Å²) in [5.41, 5.74) is 0. The molecule has 64 valence electrons. The predicted octanol–water partition coefficient (Wildman–Crippen LogP) is -2.37. The van der Waals surface area contributed by atoms with Gasteiger partial charge >= 0.3 is 10.1 Å². The zero-order chi connectivity index (χ0) is 9.00. The molecule has 8 nitrogen and oxygen atoms in total. The van der Waals surface area contributed by atoms with E-state index >= 15 is 0 Å². The van der Waals surface area contributed by atoms with Crippen LogP contribution < -0.4 is 0 Å². The van der Waals surface area contributed by atoms with Gasteiger partial charge in [-0.25, -0.2) is 16.8 Å². The molecule has 11 heteroatoms. The van der Waals surface area contributed by atoms with Crippen LogP contribution in [-0.4, -0.2) is 45.2 Å². The van der Waals surface area contributed by atoms with E-state index in [1.165, 1.54) is 0 Å². The smallest absolute Gasteiger partial charge is 0.726 e. The van der Waals surface area contributed by atoms with Gasteiger partial charge in [0.15, 0.2) is 0 Å². The van der Waals surface area contributed by atoms with Crippen molar-refractivity contribution in [2.75, 3.05) is 0 Å². The second-order valence-corrected chi connectivity index (χ2v) is 2.57. The van der Waals surface area contributed by atoms with Crippen molar-refractivity contribution in [3.63, 3.8) is 0 Å². The van der Waals surface area contributed by atoms with E-state index in [-0.39, 0.29) is 10.1 Å². The standard InChI is InChI=1S/Be.2H2O4S/c;2*1-5(2,3)4/h;2*(H2,1,2,3,4)/q+2;;/p-2. The number of hydrogen-bond donors (Lipinski definition) is 2. The summed E-state index contributed by atoms with van der Waals surface area (Å²) in [5, 5.41) is 0. The first-order valence-electron chi connectivity index (χ1n) is 1.37. The first-order valence-corrected chi connectivity index (χ1v) is 4.10. The Morgan fingerprint density at radius 3 is 0.818 bits per heavy atom. The zero-order valence-corrected chi connectivity index (χ0v) is 6.50. The molecule has 0 aliphatic rings.